The number of allylic oxidation sites excluding steroid dienone is 2. The Morgan fingerprint density at radius 2 is 1.79 bits per heavy atom. The molecule has 0 heterocycles. The summed E-state index contributed by atoms with van der Waals surface area (Å²) in [6.07, 6.45) is 3.02. The molecule has 0 amide bonds. The molecule has 3 aromatic carbocycles. The molecule has 0 saturated carbocycles. The maximum atomic E-state index is 15.0. The Bertz CT molecular complexity index is 1360. The minimum absolute atomic E-state index is 0.0658. The maximum absolute atomic E-state index is 15.0. The summed E-state index contributed by atoms with van der Waals surface area (Å²) in [7, 11) is 0. The molecule has 6 heteroatoms. The van der Waals surface area contributed by atoms with E-state index in [1.165, 1.54) is 6.07 Å². The van der Waals surface area contributed by atoms with E-state index in [4.69, 9.17) is 4.74 Å². The van der Waals surface area contributed by atoms with Gasteiger partial charge in [0.15, 0.2) is 0 Å². The summed E-state index contributed by atoms with van der Waals surface area (Å²) >= 11 is 0. The SMILES string of the molecule is CCC[C@@H](CC(=O)O)c1cccc(OCc2ccc(-c3cc(C(F)F)ccc3F)c(C3=CCCC3(C)C)c2)c1. The number of benzene rings is 3. The van der Waals surface area contributed by atoms with Gasteiger partial charge in [-0.3, -0.25) is 4.79 Å². The van der Waals surface area contributed by atoms with Crippen molar-refractivity contribution in [3.63, 3.8) is 0 Å². The van der Waals surface area contributed by atoms with E-state index in [-0.39, 0.29) is 35.5 Å². The third-order valence-electron chi connectivity index (χ3n) is 7.55. The van der Waals surface area contributed by atoms with Gasteiger partial charge < -0.3 is 9.84 Å². The molecule has 1 N–H and O–H groups in total. The molecule has 0 bridgehead atoms. The highest BCUT2D eigenvalue weighted by Crippen LogP contribution is 2.47. The Morgan fingerprint density at radius 3 is 2.46 bits per heavy atom. The fourth-order valence-electron chi connectivity index (χ4n) is 5.46. The number of carbonyl (C=O) groups is 1. The van der Waals surface area contributed by atoms with Gasteiger partial charge in [0.2, 0.25) is 0 Å². The topological polar surface area (TPSA) is 46.5 Å². The Balaban J connectivity index is 1.66. The lowest BCUT2D eigenvalue weighted by Crippen LogP contribution is -2.10. The van der Waals surface area contributed by atoms with E-state index in [9.17, 15) is 23.1 Å². The largest absolute Gasteiger partial charge is 0.489 e. The van der Waals surface area contributed by atoms with Crippen LogP contribution in [-0.2, 0) is 11.4 Å². The van der Waals surface area contributed by atoms with Crippen LogP contribution >= 0.6 is 0 Å². The normalized spacial score (nSPS) is 15.3. The van der Waals surface area contributed by atoms with Crippen LogP contribution in [0.4, 0.5) is 13.2 Å². The fraction of sp³-hybridized carbons (Fsp3) is 0.364. The Morgan fingerprint density at radius 1 is 1.00 bits per heavy atom. The van der Waals surface area contributed by atoms with E-state index in [0.29, 0.717) is 11.3 Å². The Hall–Kier alpha value is -3.54. The molecule has 0 aliphatic heterocycles. The highest BCUT2D eigenvalue weighted by molar-refractivity contribution is 5.85. The number of carboxylic acid groups (broad SMARTS) is 1. The van der Waals surface area contributed by atoms with Crippen molar-refractivity contribution in [3.8, 4) is 16.9 Å². The average Bonchev–Trinajstić information content (AvgIpc) is 3.26. The Kier molecular flexibility index (Phi) is 8.83. The zero-order valence-electron chi connectivity index (χ0n) is 22.6. The zero-order chi connectivity index (χ0) is 28.2. The van der Waals surface area contributed by atoms with E-state index in [1.54, 1.807) is 6.07 Å². The molecule has 3 aromatic rings. The number of aliphatic carboxylic acids is 1. The quantitative estimate of drug-likeness (QED) is 0.265. The van der Waals surface area contributed by atoms with Gasteiger partial charge in [-0.05, 0) is 88.8 Å². The lowest BCUT2D eigenvalue weighted by molar-refractivity contribution is -0.137. The second-order valence-corrected chi connectivity index (χ2v) is 10.9. The summed E-state index contributed by atoms with van der Waals surface area (Å²) in [5, 5.41) is 9.31. The summed E-state index contributed by atoms with van der Waals surface area (Å²) < 4.78 is 48.0. The van der Waals surface area contributed by atoms with Gasteiger partial charge >= 0.3 is 5.97 Å². The molecule has 0 unspecified atom stereocenters. The van der Waals surface area contributed by atoms with Crippen LogP contribution in [0, 0.1) is 11.2 Å². The van der Waals surface area contributed by atoms with Gasteiger partial charge in [0, 0.05) is 11.1 Å². The molecule has 39 heavy (non-hydrogen) atoms. The highest BCUT2D eigenvalue weighted by Gasteiger charge is 2.30. The van der Waals surface area contributed by atoms with Crippen molar-refractivity contribution in [2.45, 2.75) is 71.8 Å². The van der Waals surface area contributed by atoms with Crippen molar-refractivity contribution in [1.82, 2.24) is 0 Å². The van der Waals surface area contributed by atoms with Gasteiger partial charge in [-0.15, -0.1) is 0 Å². The van der Waals surface area contributed by atoms with E-state index in [0.717, 1.165) is 60.1 Å². The molecular weight excluding hydrogens is 501 g/mol. The fourth-order valence-corrected chi connectivity index (χ4v) is 5.46. The number of hydrogen-bond acceptors (Lipinski definition) is 2. The first kappa shape index (κ1) is 28.5. The number of rotatable bonds is 11. The third-order valence-corrected chi connectivity index (χ3v) is 7.55. The van der Waals surface area contributed by atoms with Gasteiger partial charge in [-0.25, -0.2) is 13.2 Å². The van der Waals surface area contributed by atoms with Crippen molar-refractivity contribution >= 4 is 11.5 Å². The number of carboxylic acids is 1. The zero-order valence-corrected chi connectivity index (χ0v) is 22.6. The van der Waals surface area contributed by atoms with Crippen molar-refractivity contribution < 1.29 is 27.8 Å². The van der Waals surface area contributed by atoms with Gasteiger partial charge in [0.25, 0.3) is 6.43 Å². The molecule has 0 spiro atoms. The molecule has 4 rings (SSSR count). The summed E-state index contributed by atoms with van der Waals surface area (Å²) in [5.41, 5.74) is 4.07. The summed E-state index contributed by atoms with van der Waals surface area (Å²) in [6.45, 7) is 6.56. The van der Waals surface area contributed by atoms with Gasteiger partial charge in [0.05, 0.1) is 6.42 Å². The summed E-state index contributed by atoms with van der Waals surface area (Å²) in [6, 6.07) is 16.6. The molecule has 1 aliphatic rings. The Labute approximate surface area is 228 Å². The first-order chi connectivity index (χ1) is 18.6. The van der Waals surface area contributed by atoms with Crippen LogP contribution in [0.1, 0.15) is 87.5 Å². The first-order valence-corrected chi connectivity index (χ1v) is 13.5. The van der Waals surface area contributed by atoms with Crippen molar-refractivity contribution in [3.05, 3.63) is 94.8 Å². The predicted molar refractivity (Wildman–Crippen MR) is 148 cm³/mol. The van der Waals surface area contributed by atoms with Crippen LogP contribution < -0.4 is 4.74 Å². The van der Waals surface area contributed by atoms with Crippen molar-refractivity contribution in [2.75, 3.05) is 0 Å². The second-order valence-electron chi connectivity index (χ2n) is 10.9. The van der Waals surface area contributed by atoms with Crippen LogP contribution in [0.5, 0.6) is 5.75 Å². The molecule has 0 radical (unpaired) electrons. The minimum Gasteiger partial charge on any atom is -0.489 e. The molecule has 1 aliphatic carbocycles. The monoisotopic (exact) mass is 536 g/mol. The van der Waals surface area contributed by atoms with Crippen LogP contribution in [-0.4, -0.2) is 11.1 Å². The lowest BCUT2D eigenvalue weighted by Gasteiger charge is -2.25. The predicted octanol–water partition coefficient (Wildman–Crippen LogP) is 9.57. The molecule has 0 saturated heterocycles. The standard InChI is InChI=1S/C33H35F3O3/c1-4-7-22(19-31(37)38)23-8-5-9-25(17-23)39-20-21-11-13-26(27(16-21)29-10-6-15-33(29,2)3)28-18-24(32(35)36)12-14-30(28)34/h5,8-14,16-18,22,32H,4,6-7,15,19-20H2,1-3H3,(H,37,38)/t22-/m0/s1. The van der Waals surface area contributed by atoms with Gasteiger partial charge in [-0.1, -0.05) is 63.6 Å². The smallest absolute Gasteiger partial charge is 0.303 e. The molecule has 0 fully saturated rings. The van der Waals surface area contributed by atoms with E-state index in [1.807, 2.05) is 43.3 Å². The van der Waals surface area contributed by atoms with Crippen LogP contribution in [0.2, 0.25) is 0 Å². The summed E-state index contributed by atoms with van der Waals surface area (Å²) in [5.74, 6) is -0.814. The third kappa shape index (κ3) is 6.73. The van der Waals surface area contributed by atoms with Crippen LogP contribution in [0.3, 0.4) is 0 Å². The average molecular weight is 537 g/mol. The van der Waals surface area contributed by atoms with Crippen LogP contribution in [0.25, 0.3) is 16.7 Å². The number of ether oxygens (including phenoxy) is 1. The van der Waals surface area contributed by atoms with E-state index in [2.05, 4.69) is 19.9 Å². The number of alkyl halides is 2. The van der Waals surface area contributed by atoms with E-state index < -0.39 is 18.2 Å². The highest BCUT2D eigenvalue weighted by atomic mass is 19.3. The molecular formula is C33H35F3O3. The molecule has 0 aromatic heterocycles. The lowest BCUT2D eigenvalue weighted by atomic mass is 9.79. The molecule has 1 atom stereocenters. The molecule has 3 nitrogen and oxygen atoms in total. The summed E-state index contributed by atoms with van der Waals surface area (Å²) in [4.78, 5) is 11.3. The van der Waals surface area contributed by atoms with Crippen molar-refractivity contribution in [2.24, 2.45) is 5.41 Å². The van der Waals surface area contributed by atoms with Crippen LogP contribution in [0.15, 0.2) is 66.7 Å². The first-order valence-electron chi connectivity index (χ1n) is 13.5. The van der Waals surface area contributed by atoms with E-state index >= 15 is 0 Å². The minimum atomic E-state index is -2.69. The number of halogens is 3. The molecule has 206 valence electrons. The van der Waals surface area contributed by atoms with Gasteiger partial charge in [0.1, 0.15) is 18.2 Å². The second kappa shape index (κ2) is 12.1. The maximum Gasteiger partial charge on any atom is 0.303 e. The number of hydrogen-bond donors (Lipinski definition) is 1. The van der Waals surface area contributed by atoms with Gasteiger partial charge in [-0.2, -0.15) is 0 Å². The van der Waals surface area contributed by atoms with Crippen molar-refractivity contribution in [1.29, 1.82) is 0 Å².